The fraction of sp³-hybridized carbons (Fsp3) is 0.133. The molecule has 0 aliphatic carbocycles. The average Bonchev–Trinajstić information content (AvgIpc) is 2.83. The number of nitrogens with zero attached hydrogens (tertiary/aromatic N) is 1. The highest BCUT2D eigenvalue weighted by molar-refractivity contribution is 6.31. The van der Waals surface area contributed by atoms with E-state index in [4.69, 9.17) is 16.0 Å². The predicted molar refractivity (Wildman–Crippen MR) is 77.5 cm³/mol. The fourth-order valence-corrected chi connectivity index (χ4v) is 2.21. The zero-order valence-electron chi connectivity index (χ0n) is 10.5. The van der Waals surface area contributed by atoms with Crippen molar-refractivity contribution < 1.29 is 4.42 Å². The van der Waals surface area contributed by atoms with Gasteiger partial charge in [0, 0.05) is 23.7 Å². The molecule has 19 heavy (non-hydrogen) atoms. The smallest absolute Gasteiger partial charge is 0.152 e. The third kappa shape index (κ3) is 2.42. The molecule has 0 spiro atoms. The molecule has 0 bridgehead atoms. The second-order valence-corrected chi connectivity index (χ2v) is 4.82. The highest BCUT2D eigenvalue weighted by Crippen LogP contribution is 2.24. The first-order valence-electron chi connectivity index (χ1n) is 6.05. The minimum Gasteiger partial charge on any atom is -0.464 e. The summed E-state index contributed by atoms with van der Waals surface area (Å²) in [6, 6.07) is 9.95. The van der Waals surface area contributed by atoms with Crippen molar-refractivity contribution in [3.8, 4) is 0 Å². The molecule has 0 amide bonds. The van der Waals surface area contributed by atoms with Gasteiger partial charge in [-0.1, -0.05) is 29.8 Å². The van der Waals surface area contributed by atoms with E-state index in [2.05, 4.69) is 10.3 Å². The van der Waals surface area contributed by atoms with E-state index in [0.29, 0.717) is 11.7 Å². The average molecular weight is 273 g/mol. The van der Waals surface area contributed by atoms with Crippen molar-refractivity contribution in [1.82, 2.24) is 4.98 Å². The summed E-state index contributed by atoms with van der Waals surface area (Å²) < 4.78 is 5.50. The van der Waals surface area contributed by atoms with E-state index in [-0.39, 0.29) is 0 Å². The largest absolute Gasteiger partial charge is 0.464 e. The van der Waals surface area contributed by atoms with E-state index < -0.39 is 0 Å². The summed E-state index contributed by atoms with van der Waals surface area (Å²) in [6.07, 6.45) is 3.52. The lowest BCUT2D eigenvalue weighted by atomic mass is 10.2. The summed E-state index contributed by atoms with van der Waals surface area (Å²) in [4.78, 5) is 4.12. The third-order valence-corrected chi connectivity index (χ3v) is 3.31. The highest BCUT2D eigenvalue weighted by Gasteiger charge is 2.06. The molecule has 0 radical (unpaired) electrons. The summed E-state index contributed by atoms with van der Waals surface area (Å²) in [5.41, 5.74) is 3.91. The minimum atomic E-state index is 0.485. The Kier molecular flexibility index (Phi) is 3.13. The Labute approximate surface area is 116 Å². The molecule has 0 saturated carbocycles. The zero-order chi connectivity index (χ0) is 13.2. The van der Waals surface area contributed by atoms with Crippen molar-refractivity contribution in [3.63, 3.8) is 0 Å². The maximum Gasteiger partial charge on any atom is 0.152 e. The van der Waals surface area contributed by atoms with Gasteiger partial charge in [0.05, 0.1) is 12.0 Å². The van der Waals surface area contributed by atoms with Crippen LogP contribution in [0.4, 0.5) is 5.69 Å². The number of benzene rings is 1. The van der Waals surface area contributed by atoms with Crippen LogP contribution in [0.15, 0.2) is 47.2 Å². The number of nitrogens with one attached hydrogen (secondary N) is 1. The van der Waals surface area contributed by atoms with Crippen LogP contribution in [-0.4, -0.2) is 4.98 Å². The van der Waals surface area contributed by atoms with Crippen molar-refractivity contribution in [3.05, 3.63) is 59.1 Å². The van der Waals surface area contributed by atoms with Gasteiger partial charge in [0.1, 0.15) is 5.58 Å². The van der Waals surface area contributed by atoms with Gasteiger partial charge in [-0.15, -0.1) is 0 Å². The van der Waals surface area contributed by atoms with Crippen LogP contribution in [-0.2, 0) is 6.54 Å². The molecule has 0 fully saturated rings. The molecule has 3 aromatic rings. The number of hydrogen-bond donors (Lipinski definition) is 1. The Morgan fingerprint density at radius 2 is 2.16 bits per heavy atom. The number of aryl methyl sites for hydroxylation is 1. The molecule has 0 saturated heterocycles. The van der Waals surface area contributed by atoms with Crippen molar-refractivity contribution >= 4 is 28.3 Å². The van der Waals surface area contributed by atoms with Crippen molar-refractivity contribution in [1.29, 1.82) is 0 Å². The quantitative estimate of drug-likeness (QED) is 0.718. The van der Waals surface area contributed by atoms with Gasteiger partial charge in [-0.05, 0) is 24.6 Å². The number of hydrogen-bond acceptors (Lipinski definition) is 3. The first-order chi connectivity index (χ1) is 9.24. The van der Waals surface area contributed by atoms with Crippen LogP contribution >= 0.6 is 11.6 Å². The van der Waals surface area contributed by atoms with E-state index in [0.717, 1.165) is 27.8 Å². The lowest BCUT2D eigenvalue weighted by molar-refractivity contribution is 0.611. The molecule has 0 aliphatic rings. The van der Waals surface area contributed by atoms with E-state index in [1.807, 2.05) is 37.3 Å². The molecule has 1 aromatic carbocycles. The second kappa shape index (κ2) is 4.94. The summed E-state index contributed by atoms with van der Waals surface area (Å²) in [5.74, 6) is 0. The molecule has 0 unspecified atom stereocenters. The number of para-hydroxylation sites is 1. The van der Waals surface area contributed by atoms with Crippen molar-refractivity contribution in [2.24, 2.45) is 0 Å². The van der Waals surface area contributed by atoms with Crippen molar-refractivity contribution in [2.75, 3.05) is 5.32 Å². The highest BCUT2D eigenvalue weighted by atomic mass is 35.5. The van der Waals surface area contributed by atoms with Gasteiger partial charge in [0.25, 0.3) is 0 Å². The monoisotopic (exact) mass is 272 g/mol. The lowest BCUT2D eigenvalue weighted by Crippen LogP contribution is -2.00. The molecule has 2 heterocycles. The van der Waals surface area contributed by atoms with Crippen molar-refractivity contribution in [2.45, 2.75) is 13.5 Å². The SMILES string of the molecule is Cc1cnc(Cl)c(NCc2coc3ccccc23)c1. The van der Waals surface area contributed by atoms with Crippen LogP contribution in [0.5, 0.6) is 0 Å². The number of halogens is 1. The van der Waals surface area contributed by atoms with Crippen LogP contribution in [0.3, 0.4) is 0 Å². The molecule has 0 atom stereocenters. The van der Waals surface area contributed by atoms with Crippen LogP contribution in [0, 0.1) is 6.92 Å². The molecule has 3 rings (SSSR count). The number of furan rings is 1. The van der Waals surface area contributed by atoms with Gasteiger partial charge in [0.15, 0.2) is 5.15 Å². The second-order valence-electron chi connectivity index (χ2n) is 4.46. The fourth-order valence-electron chi connectivity index (χ4n) is 2.04. The topological polar surface area (TPSA) is 38.1 Å². The summed E-state index contributed by atoms with van der Waals surface area (Å²) in [5, 5.41) is 4.90. The van der Waals surface area contributed by atoms with Crippen LogP contribution < -0.4 is 5.32 Å². The summed E-state index contributed by atoms with van der Waals surface area (Å²) >= 11 is 6.06. The molecular weight excluding hydrogens is 260 g/mol. The molecule has 0 aliphatic heterocycles. The van der Waals surface area contributed by atoms with Crippen LogP contribution in [0.25, 0.3) is 11.0 Å². The summed E-state index contributed by atoms with van der Waals surface area (Å²) in [7, 11) is 0. The normalized spacial score (nSPS) is 10.8. The first-order valence-corrected chi connectivity index (χ1v) is 6.43. The molecule has 1 N–H and O–H groups in total. The summed E-state index contributed by atoms with van der Waals surface area (Å²) in [6.45, 7) is 2.64. The van der Waals surface area contributed by atoms with Gasteiger partial charge < -0.3 is 9.73 Å². The first kappa shape index (κ1) is 12.1. The molecule has 2 aromatic heterocycles. The van der Waals surface area contributed by atoms with Crippen LogP contribution in [0.2, 0.25) is 5.15 Å². The maximum atomic E-state index is 6.06. The Balaban J connectivity index is 1.84. The number of fused-ring (bicyclic) bond motifs is 1. The van der Waals surface area contributed by atoms with Crippen LogP contribution in [0.1, 0.15) is 11.1 Å². The number of aromatic nitrogens is 1. The Bertz CT molecular complexity index is 721. The molecule has 96 valence electrons. The standard InChI is InChI=1S/C15H13ClN2O/c1-10-6-13(15(16)18-7-10)17-8-11-9-19-14-5-3-2-4-12(11)14/h2-7,9,17H,8H2,1H3. The van der Waals surface area contributed by atoms with Gasteiger partial charge >= 0.3 is 0 Å². The zero-order valence-corrected chi connectivity index (χ0v) is 11.2. The number of anilines is 1. The predicted octanol–water partition coefficient (Wildman–Crippen LogP) is 4.40. The Morgan fingerprint density at radius 1 is 1.32 bits per heavy atom. The van der Waals surface area contributed by atoms with Gasteiger partial charge in [-0.3, -0.25) is 0 Å². The Hall–Kier alpha value is -2.00. The maximum absolute atomic E-state index is 6.06. The minimum absolute atomic E-state index is 0.485. The number of rotatable bonds is 3. The lowest BCUT2D eigenvalue weighted by Gasteiger charge is -2.07. The van der Waals surface area contributed by atoms with E-state index in [9.17, 15) is 0 Å². The molecule has 3 nitrogen and oxygen atoms in total. The van der Waals surface area contributed by atoms with Gasteiger partial charge in [-0.2, -0.15) is 0 Å². The third-order valence-electron chi connectivity index (χ3n) is 3.01. The Morgan fingerprint density at radius 3 is 3.05 bits per heavy atom. The molecular formula is C15H13ClN2O. The van der Waals surface area contributed by atoms with E-state index >= 15 is 0 Å². The van der Waals surface area contributed by atoms with Gasteiger partial charge in [0.2, 0.25) is 0 Å². The van der Waals surface area contributed by atoms with E-state index in [1.54, 1.807) is 12.5 Å². The van der Waals surface area contributed by atoms with E-state index in [1.165, 1.54) is 0 Å². The number of pyridine rings is 1. The van der Waals surface area contributed by atoms with Gasteiger partial charge in [-0.25, -0.2) is 4.98 Å². The molecule has 4 heteroatoms.